The molecule has 0 aliphatic heterocycles. The number of ether oxygens (including phenoxy) is 1. The summed E-state index contributed by atoms with van der Waals surface area (Å²) in [4.78, 5) is 10.1. The number of hydrogen-bond donors (Lipinski definition) is 0. The van der Waals surface area contributed by atoms with Crippen LogP contribution in [0.4, 0.5) is 0 Å². The van der Waals surface area contributed by atoms with Gasteiger partial charge in [0.2, 0.25) is 0 Å². The lowest BCUT2D eigenvalue weighted by atomic mass is 10.2. The first-order valence-electron chi connectivity index (χ1n) is 4.45. The Morgan fingerprint density at radius 1 is 1.36 bits per heavy atom. The van der Waals surface area contributed by atoms with Crippen molar-refractivity contribution in [2.75, 3.05) is 0 Å². The first kappa shape index (κ1) is 10.3. The number of rotatable bonds is 2. The van der Waals surface area contributed by atoms with Crippen LogP contribution in [0.15, 0.2) is 24.3 Å². The lowest BCUT2D eigenvalue weighted by Crippen LogP contribution is -2.06. The van der Waals surface area contributed by atoms with Crippen molar-refractivity contribution < 1.29 is 9.53 Å². The summed E-state index contributed by atoms with van der Waals surface area (Å²) in [5.41, 5.74) is 0.744. The molecular formula is C12H12O2. The molecule has 0 aliphatic rings. The molecule has 0 radical (unpaired) electrons. The number of carbonyl (C=O) groups is 1. The second-order valence-corrected chi connectivity index (χ2v) is 3.05. The van der Waals surface area contributed by atoms with Crippen molar-refractivity contribution in [2.45, 2.75) is 20.0 Å². The van der Waals surface area contributed by atoms with Crippen LogP contribution in [0.25, 0.3) is 0 Å². The van der Waals surface area contributed by atoms with Crippen LogP contribution in [0.3, 0.4) is 0 Å². The Kier molecular flexibility index (Phi) is 3.75. The van der Waals surface area contributed by atoms with E-state index >= 15 is 0 Å². The molecule has 0 aromatic heterocycles. The molecule has 0 atom stereocenters. The van der Waals surface area contributed by atoms with Gasteiger partial charge in [0.1, 0.15) is 5.75 Å². The van der Waals surface area contributed by atoms with E-state index in [-0.39, 0.29) is 6.10 Å². The number of hydrogen-bond acceptors (Lipinski definition) is 2. The summed E-state index contributed by atoms with van der Waals surface area (Å²) in [5.74, 6) is 5.81. The van der Waals surface area contributed by atoms with E-state index in [4.69, 9.17) is 4.74 Å². The molecule has 1 aromatic carbocycles. The molecule has 0 saturated heterocycles. The summed E-state index contributed by atoms with van der Waals surface area (Å²) in [6.45, 7) is 3.90. The topological polar surface area (TPSA) is 26.3 Å². The van der Waals surface area contributed by atoms with Gasteiger partial charge in [0.25, 0.3) is 0 Å². The minimum atomic E-state index is 0.106. The first-order chi connectivity index (χ1) is 6.74. The van der Waals surface area contributed by atoms with Gasteiger partial charge in [-0.25, -0.2) is 0 Å². The highest BCUT2D eigenvalue weighted by Crippen LogP contribution is 2.17. The number of carbonyl (C=O) groups excluding carboxylic acids is 1. The average Bonchev–Trinajstić information content (AvgIpc) is 2.16. The van der Waals surface area contributed by atoms with Gasteiger partial charge in [-0.1, -0.05) is 18.1 Å². The fraction of sp³-hybridized carbons (Fsp3) is 0.250. The third-order valence-corrected chi connectivity index (χ3v) is 1.52. The van der Waals surface area contributed by atoms with Crippen molar-refractivity contribution in [3.8, 4) is 17.6 Å². The Morgan fingerprint density at radius 2 is 2.07 bits per heavy atom. The maximum absolute atomic E-state index is 10.1. The van der Waals surface area contributed by atoms with Gasteiger partial charge in [0.05, 0.1) is 11.7 Å². The van der Waals surface area contributed by atoms with Gasteiger partial charge in [-0.2, -0.15) is 0 Å². The van der Waals surface area contributed by atoms with Gasteiger partial charge in [0, 0.05) is 0 Å². The molecule has 0 unspecified atom stereocenters. The summed E-state index contributed by atoms with van der Waals surface area (Å²) in [7, 11) is 0. The number of aldehydes is 1. The number of para-hydroxylation sites is 1. The Morgan fingerprint density at radius 3 is 2.71 bits per heavy atom. The Bertz CT molecular complexity index is 369. The summed E-state index contributed by atoms with van der Waals surface area (Å²) in [6.07, 6.45) is 0.681. The van der Waals surface area contributed by atoms with E-state index in [1.54, 1.807) is 0 Å². The van der Waals surface area contributed by atoms with Gasteiger partial charge in [-0.3, -0.25) is 4.79 Å². The Hall–Kier alpha value is -1.75. The third kappa shape index (κ3) is 2.95. The molecule has 2 nitrogen and oxygen atoms in total. The van der Waals surface area contributed by atoms with Gasteiger partial charge in [-0.05, 0) is 31.9 Å². The maximum atomic E-state index is 10.1. The smallest absolute Gasteiger partial charge is 0.193 e. The minimum Gasteiger partial charge on any atom is -0.490 e. The summed E-state index contributed by atoms with van der Waals surface area (Å²) < 4.78 is 5.52. The van der Waals surface area contributed by atoms with Crippen LogP contribution in [0, 0.1) is 11.8 Å². The molecule has 0 amide bonds. The second-order valence-electron chi connectivity index (χ2n) is 3.05. The molecule has 0 saturated carbocycles. The molecule has 0 bridgehead atoms. The quantitative estimate of drug-likeness (QED) is 0.524. The lowest BCUT2D eigenvalue weighted by molar-refractivity contribution is -0.103. The van der Waals surface area contributed by atoms with E-state index in [9.17, 15) is 4.79 Å². The molecular weight excluding hydrogens is 176 g/mol. The zero-order valence-corrected chi connectivity index (χ0v) is 8.28. The Labute approximate surface area is 83.9 Å². The van der Waals surface area contributed by atoms with Crippen molar-refractivity contribution in [1.82, 2.24) is 0 Å². The minimum absolute atomic E-state index is 0.106. The molecule has 0 spiro atoms. The van der Waals surface area contributed by atoms with Crippen molar-refractivity contribution in [3.05, 3.63) is 29.8 Å². The molecule has 14 heavy (non-hydrogen) atoms. The van der Waals surface area contributed by atoms with Crippen molar-refractivity contribution in [2.24, 2.45) is 0 Å². The fourth-order valence-electron chi connectivity index (χ4n) is 1.03. The highest BCUT2D eigenvalue weighted by Gasteiger charge is 2.01. The predicted molar refractivity (Wildman–Crippen MR) is 55.1 cm³/mol. The molecule has 1 aromatic rings. The summed E-state index contributed by atoms with van der Waals surface area (Å²) in [5, 5.41) is 0. The SMILES string of the molecule is CC(C)Oc1ccccc1C#CC=O. The molecule has 0 heterocycles. The summed E-state index contributed by atoms with van der Waals surface area (Å²) >= 11 is 0. The van der Waals surface area contributed by atoms with Crippen molar-refractivity contribution >= 4 is 6.29 Å². The van der Waals surface area contributed by atoms with Gasteiger partial charge in [-0.15, -0.1) is 0 Å². The van der Waals surface area contributed by atoms with E-state index in [0.29, 0.717) is 6.29 Å². The van der Waals surface area contributed by atoms with Crippen LogP contribution < -0.4 is 4.74 Å². The molecule has 72 valence electrons. The second kappa shape index (κ2) is 5.08. The normalized spacial score (nSPS) is 9.07. The van der Waals surface area contributed by atoms with Crippen LogP contribution in [0.2, 0.25) is 0 Å². The molecule has 1 rings (SSSR count). The van der Waals surface area contributed by atoms with Crippen LogP contribution in [0.5, 0.6) is 5.75 Å². The van der Waals surface area contributed by atoms with Gasteiger partial charge < -0.3 is 4.74 Å². The van der Waals surface area contributed by atoms with Gasteiger partial charge in [0.15, 0.2) is 6.29 Å². The third-order valence-electron chi connectivity index (χ3n) is 1.52. The van der Waals surface area contributed by atoms with E-state index in [1.165, 1.54) is 0 Å². The van der Waals surface area contributed by atoms with E-state index in [2.05, 4.69) is 11.8 Å². The molecule has 0 aliphatic carbocycles. The van der Waals surface area contributed by atoms with Crippen LogP contribution in [0.1, 0.15) is 19.4 Å². The zero-order chi connectivity index (χ0) is 10.4. The Balaban J connectivity index is 2.96. The zero-order valence-electron chi connectivity index (χ0n) is 8.28. The standard InChI is InChI=1S/C12H12O2/c1-10(2)14-12-8-4-3-6-11(12)7-5-9-13/h3-4,6,8-10H,1-2H3. The summed E-state index contributed by atoms with van der Waals surface area (Å²) in [6, 6.07) is 7.41. The fourth-order valence-corrected chi connectivity index (χ4v) is 1.03. The van der Waals surface area contributed by atoms with Gasteiger partial charge >= 0.3 is 0 Å². The van der Waals surface area contributed by atoms with Crippen LogP contribution in [-0.2, 0) is 4.79 Å². The van der Waals surface area contributed by atoms with Crippen molar-refractivity contribution in [3.63, 3.8) is 0 Å². The largest absolute Gasteiger partial charge is 0.490 e. The highest BCUT2D eigenvalue weighted by molar-refractivity contribution is 5.74. The average molecular weight is 188 g/mol. The van der Waals surface area contributed by atoms with Crippen LogP contribution >= 0.6 is 0 Å². The van der Waals surface area contributed by atoms with E-state index in [0.717, 1.165) is 11.3 Å². The molecule has 2 heteroatoms. The van der Waals surface area contributed by atoms with Crippen molar-refractivity contribution in [1.29, 1.82) is 0 Å². The van der Waals surface area contributed by atoms with E-state index < -0.39 is 0 Å². The molecule has 0 N–H and O–H groups in total. The number of benzene rings is 1. The monoisotopic (exact) mass is 188 g/mol. The highest BCUT2D eigenvalue weighted by atomic mass is 16.5. The predicted octanol–water partition coefficient (Wildman–Crippen LogP) is 2.02. The van der Waals surface area contributed by atoms with E-state index in [1.807, 2.05) is 38.1 Å². The van der Waals surface area contributed by atoms with Crippen LogP contribution in [-0.4, -0.2) is 12.4 Å². The molecule has 0 fully saturated rings. The lowest BCUT2D eigenvalue weighted by Gasteiger charge is -2.10. The first-order valence-corrected chi connectivity index (χ1v) is 4.45. The maximum Gasteiger partial charge on any atom is 0.193 e.